The lowest BCUT2D eigenvalue weighted by molar-refractivity contribution is -0.139. The van der Waals surface area contributed by atoms with Gasteiger partial charge in [-0.2, -0.15) is 11.8 Å². The van der Waals surface area contributed by atoms with Crippen LogP contribution in [0.1, 0.15) is 92.6 Å². The van der Waals surface area contributed by atoms with Crippen molar-refractivity contribution >= 4 is 23.6 Å². The van der Waals surface area contributed by atoms with Gasteiger partial charge in [0.05, 0.1) is 0 Å². The Balaban J connectivity index is 1.61. The van der Waals surface area contributed by atoms with E-state index in [1.165, 1.54) is 63.4 Å². The van der Waals surface area contributed by atoms with Gasteiger partial charge < -0.3 is 10.4 Å². The number of carbonyl (C=O) groups is 2. The van der Waals surface area contributed by atoms with Gasteiger partial charge in [0, 0.05) is 24.2 Å². The predicted molar refractivity (Wildman–Crippen MR) is 162 cm³/mol. The van der Waals surface area contributed by atoms with Crippen molar-refractivity contribution in [3.05, 3.63) is 59.2 Å². The molecule has 2 fully saturated rings. The average Bonchev–Trinajstić information content (AvgIpc) is 3.32. The Morgan fingerprint density at radius 1 is 1.03 bits per heavy atom. The number of amides is 1. The number of likely N-dealkylation sites (tertiary alicyclic amines) is 1. The number of nitrogens with zero attached hydrogens (tertiary/aromatic N) is 1. The van der Waals surface area contributed by atoms with Crippen LogP contribution in [0.3, 0.4) is 0 Å². The van der Waals surface area contributed by atoms with E-state index >= 15 is 0 Å². The van der Waals surface area contributed by atoms with Crippen molar-refractivity contribution in [1.82, 2.24) is 10.2 Å². The molecule has 0 radical (unpaired) electrons. The molecule has 0 spiro atoms. The third-order valence-electron chi connectivity index (χ3n) is 8.92. The average molecular weight is 551 g/mol. The summed E-state index contributed by atoms with van der Waals surface area (Å²) in [7, 11) is 0. The zero-order chi connectivity index (χ0) is 27.8. The molecule has 4 rings (SSSR count). The first-order chi connectivity index (χ1) is 18.9. The van der Waals surface area contributed by atoms with E-state index in [1.807, 2.05) is 24.5 Å². The molecule has 1 aliphatic carbocycles. The lowest BCUT2D eigenvalue weighted by Gasteiger charge is -2.33. The van der Waals surface area contributed by atoms with E-state index in [9.17, 15) is 14.7 Å². The second-order valence-corrected chi connectivity index (χ2v) is 12.5. The second kappa shape index (κ2) is 14.4. The maximum absolute atomic E-state index is 13.5. The molecule has 5 nitrogen and oxygen atoms in total. The summed E-state index contributed by atoms with van der Waals surface area (Å²) in [6.07, 6.45) is 14.3. The SMILES string of the molecule is CC[C@@H]1CC[C@@H](CC2CCCCC2)N1Cc1ccc(C(=O)N[C@@H](CCSC)C(=O)O)c(-c2ccccc2C)c1. The van der Waals surface area contributed by atoms with Crippen molar-refractivity contribution in [2.24, 2.45) is 5.92 Å². The van der Waals surface area contributed by atoms with Gasteiger partial charge in [-0.05, 0) is 91.3 Å². The molecule has 39 heavy (non-hydrogen) atoms. The number of carboxylic acids is 1. The molecule has 2 N–H and O–H groups in total. The predicted octanol–water partition coefficient (Wildman–Crippen LogP) is 7.31. The van der Waals surface area contributed by atoms with E-state index in [4.69, 9.17) is 0 Å². The van der Waals surface area contributed by atoms with Crippen LogP contribution in [0.2, 0.25) is 0 Å². The van der Waals surface area contributed by atoms with Crippen LogP contribution in [0, 0.1) is 12.8 Å². The van der Waals surface area contributed by atoms with Crippen molar-refractivity contribution in [3.8, 4) is 11.1 Å². The molecule has 1 aliphatic heterocycles. The fourth-order valence-corrected chi connectivity index (χ4v) is 7.17. The summed E-state index contributed by atoms with van der Waals surface area (Å²) in [5.41, 5.74) is 4.76. The molecule has 1 saturated heterocycles. The highest BCUT2D eigenvalue weighted by Crippen LogP contribution is 2.37. The highest BCUT2D eigenvalue weighted by atomic mass is 32.2. The third-order valence-corrected chi connectivity index (χ3v) is 9.56. The van der Waals surface area contributed by atoms with Gasteiger partial charge >= 0.3 is 5.97 Å². The Morgan fingerprint density at radius 3 is 2.46 bits per heavy atom. The van der Waals surface area contributed by atoms with Crippen molar-refractivity contribution in [3.63, 3.8) is 0 Å². The smallest absolute Gasteiger partial charge is 0.326 e. The van der Waals surface area contributed by atoms with E-state index in [1.54, 1.807) is 11.8 Å². The number of aliphatic carboxylic acids is 1. The molecule has 0 bridgehead atoms. The summed E-state index contributed by atoms with van der Waals surface area (Å²) >= 11 is 1.58. The quantitative estimate of drug-likeness (QED) is 0.290. The third kappa shape index (κ3) is 7.67. The minimum Gasteiger partial charge on any atom is -0.480 e. The minimum atomic E-state index is -0.991. The Kier molecular flexibility index (Phi) is 10.9. The summed E-state index contributed by atoms with van der Waals surface area (Å²) < 4.78 is 0. The lowest BCUT2D eigenvalue weighted by atomic mass is 9.84. The normalized spacial score (nSPS) is 21.1. The van der Waals surface area contributed by atoms with Gasteiger partial charge in [-0.3, -0.25) is 9.69 Å². The van der Waals surface area contributed by atoms with Crippen LogP contribution >= 0.6 is 11.8 Å². The zero-order valence-corrected chi connectivity index (χ0v) is 24.8. The maximum Gasteiger partial charge on any atom is 0.326 e. The highest BCUT2D eigenvalue weighted by molar-refractivity contribution is 7.98. The Bertz CT molecular complexity index is 1110. The Hall–Kier alpha value is -2.31. The van der Waals surface area contributed by atoms with Gasteiger partial charge in [-0.25, -0.2) is 4.79 Å². The zero-order valence-electron chi connectivity index (χ0n) is 24.0. The first-order valence-electron chi connectivity index (χ1n) is 14.9. The van der Waals surface area contributed by atoms with Gasteiger partial charge in [-0.15, -0.1) is 0 Å². The van der Waals surface area contributed by atoms with E-state index < -0.39 is 12.0 Å². The molecule has 2 aromatic carbocycles. The molecule has 2 aliphatic rings. The molecule has 1 saturated carbocycles. The van der Waals surface area contributed by atoms with Gasteiger partial charge in [0.15, 0.2) is 0 Å². The summed E-state index contributed by atoms with van der Waals surface area (Å²) in [5, 5.41) is 12.5. The number of nitrogens with one attached hydrogen (secondary N) is 1. The highest BCUT2D eigenvalue weighted by Gasteiger charge is 2.34. The number of aryl methyl sites for hydroxylation is 1. The van der Waals surface area contributed by atoms with Crippen molar-refractivity contribution in [1.29, 1.82) is 0 Å². The number of benzene rings is 2. The minimum absolute atomic E-state index is 0.323. The number of rotatable bonds is 12. The standard InChI is InChI=1S/C33H46N2O3S/c1-4-26-15-16-27(20-24-11-6-5-7-12-24)35(26)22-25-14-17-29(30(21-25)28-13-9-8-10-23(28)2)32(36)34-31(33(37)38)18-19-39-3/h8-10,13-14,17,21,24,26-27,31H,4-7,11-12,15-16,18-20,22H2,1-3H3,(H,34,36)(H,37,38)/t26-,27+,31+/m1/s1. The fraction of sp³-hybridized carbons (Fsp3) is 0.576. The van der Waals surface area contributed by atoms with E-state index in [0.717, 1.165) is 29.2 Å². The van der Waals surface area contributed by atoms with Crippen molar-refractivity contribution in [2.75, 3.05) is 12.0 Å². The molecule has 1 heterocycles. The monoisotopic (exact) mass is 550 g/mol. The molecular weight excluding hydrogens is 504 g/mol. The molecule has 0 aromatic heterocycles. The first-order valence-corrected chi connectivity index (χ1v) is 16.3. The van der Waals surface area contributed by atoms with Gasteiger partial charge in [0.25, 0.3) is 5.91 Å². The molecule has 6 heteroatoms. The van der Waals surface area contributed by atoms with Crippen LogP contribution in [0.25, 0.3) is 11.1 Å². The molecule has 3 atom stereocenters. The van der Waals surface area contributed by atoms with Crippen LogP contribution in [0.15, 0.2) is 42.5 Å². The van der Waals surface area contributed by atoms with Gasteiger partial charge in [0.1, 0.15) is 6.04 Å². The van der Waals surface area contributed by atoms with Crippen molar-refractivity contribution in [2.45, 2.75) is 103 Å². The first kappa shape index (κ1) is 29.7. The lowest BCUT2D eigenvalue weighted by Crippen LogP contribution is -2.41. The Morgan fingerprint density at radius 2 is 1.77 bits per heavy atom. The molecular formula is C33H46N2O3S. The van der Waals surface area contributed by atoms with Crippen LogP contribution in [-0.4, -0.2) is 52.0 Å². The maximum atomic E-state index is 13.5. The topological polar surface area (TPSA) is 69.6 Å². The van der Waals surface area contributed by atoms with Crippen LogP contribution in [0.5, 0.6) is 0 Å². The molecule has 0 unspecified atom stereocenters. The number of thioether (sulfide) groups is 1. The number of hydrogen-bond acceptors (Lipinski definition) is 4. The van der Waals surface area contributed by atoms with E-state index in [-0.39, 0.29) is 5.91 Å². The van der Waals surface area contributed by atoms with E-state index in [2.05, 4.69) is 48.3 Å². The fourth-order valence-electron chi connectivity index (χ4n) is 6.70. The van der Waals surface area contributed by atoms with Crippen LogP contribution in [-0.2, 0) is 11.3 Å². The van der Waals surface area contributed by atoms with Crippen LogP contribution in [0.4, 0.5) is 0 Å². The van der Waals surface area contributed by atoms with Gasteiger partial charge in [0.2, 0.25) is 0 Å². The summed E-state index contributed by atoms with van der Waals surface area (Å²) in [6.45, 7) is 5.26. The largest absolute Gasteiger partial charge is 0.480 e. The number of hydrogen-bond donors (Lipinski definition) is 2. The van der Waals surface area contributed by atoms with Crippen molar-refractivity contribution < 1.29 is 14.7 Å². The number of carbonyl (C=O) groups excluding carboxylic acids is 1. The molecule has 2 aromatic rings. The van der Waals surface area contributed by atoms with E-state index in [0.29, 0.717) is 29.8 Å². The summed E-state index contributed by atoms with van der Waals surface area (Å²) in [5.74, 6) is 0.229. The second-order valence-electron chi connectivity index (χ2n) is 11.5. The summed E-state index contributed by atoms with van der Waals surface area (Å²) in [6, 6.07) is 14.7. The Labute approximate surface area is 239 Å². The van der Waals surface area contributed by atoms with Crippen LogP contribution < -0.4 is 5.32 Å². The molecule has 212 valence electrons. The summed E-state index contributed by atoms with van der Waals surface area (Å²) in [4.78, 5) is 28.0. The van der Waals surface area contributed by atoms with Gasteiger partial charge in [-0.1, -0.05) is 69.4 Å². The number of carboxylic acid groups (broad SMARTS) is 1. The molecule has 1 amide bonds.